The summed E-state index contributed by atoms with van der Waals surface area (Å²) < 4.78 is 36.4. The molecule has 0 aromatic carbocycles. The van der Waals surface area contributed by atoms with Gasteiger partial charge in [0.1, 0.15) is 6.07 Å². The van der Waals surface area contributed by atoms with E-state index in [1.54, 1.807) is 0 Å². The maximum atomic E-state index is 12.3. The molecule has 1 aromatic heterocycles. The lowest BCUT2D eigenvalue weighted by Gasteiger charge is -1.91. The van der Waals surface area contributed by atoms with Gasteiger partial charge in [0.15, 0.2) is 5.56 Å². The van der Waals surface area contributed by atoms with Crippen LogP contribution in [0.3, 0.4) is 0 Å². The largest absolute Gasteiger partial charge is 0.314 e. The molecule has 0 aliphatic heterocycles. The molecular weight excluding hydrogens is 159 g/mol. The highest BCUT2D eigenvalue weighted by molar-refractivity contribution is 5.24. The summed E-state index contributed by atoms with van der Waals surface area (Å²) in [5.74, 6) is -2.98. The molecule has 56 valence electrons. The van der Waals surface area contributed by atoms with E-state index in [1.807, 2.05) is 0 Å². The van der Waals surface area contributed by atoms with Crippen LogP contribution in [-0.4, -0.2) is 9.97 Å². The second-order valence-electron chi connectivity index (χ2n) is 1.56. The lowest BCUT2D eigenvalue weighted by molar-refractivity contribution is 0.435. The third-order valence-corrected chi connectivity index (χ3v) is 0.905. The van der Waals surface area contributed by atoms with Gasteiger partial charge < -0.3 is 0 Å². The number of nitriles is 1. The van der Waals surface area contributed by atoms with Crippen LogP contribution in [0.5, 0.6) is 0 Å². The minimum absolute atomic E-state index is 0.980. The Balaban J connectivity index is 3.40. The average molecular weight is 159 g/mol. The minimum Gasteiger partial charge on any atom is -0.192 e. The van der Waals surface area contributed by atoms with Crippen LogP contribution < -0.4 is 0 Å². The fourth-order valence-corrected chi connectivity index (χ4v) is 0.476. The van der Waals surface area contributed by atoms with Gasteiger partial charge in [-0.3, -0.25) is 0 Å². The van der Waals surface area contributed by atoms with E-state index >= 15 is 0 Å². The average Bonchev–Trinajstić information content (AvgIpc) is 1.85. The van der Waals surface area contributed by atoms with Crippen LogP contribution in [0.1, 0.15) is 5.56 Å². The van der Waals surface area contributed by atoms with Crippen molar-refractivity contribution in [2.24, 2.45) is 0 Å². The van der Waals surface area contributed by atoms with E-state index in [0.29, 0.717) is 0 Å². The third-order valence-electron chi connectivity index (χ3n) is 0.905. The Kier molecular flexibility index (Phi) is 1.72. The van der Waals surface area contributed by atoms with Gasteiger partial charge in [-0.2, -0.15) is 28.4 Å². The minimum atomic E-state index is -1.53. The fraction of sp³-hybridized carbons (Fsp3) is 0. The Labute approximate surface area is 59.1 Å². The van der Waals surface area contributed by atoms with Crippen LogP contribution in [-0.2, 0) is 0 Å². The lowest BCUT2D eigenvalue weighted by atomic mass is 10.4. The number of hydrogen-bond donors (Lipinski definition) is 0. The monoisotopic (exact) mass is 159 g/mol. The molecule has 0 radical (unpaired) electrons. The van der Waals surface area contributed by atoms with E-state index in [9.17, 15) is 13.2 Å². The second kappa shape index (κ2) is 2.54. The van der Waals surface area contributed by atoms with Crippen LogP contribution in [0.25, 0.3) is 0 Å². The Morgan fingerprint density at radius 1 is 1.09 bits per heavy atom. The molecule has 0 atom stereocenters. The van der Waals surface area contributed by atoms with Gasteiger partial charge in [-0.1, -0.05) is 0 Å². The highest BCUT2D eigenvalue weighted by atomic mass is 19.2. The smallest absolute Gasteiger partial charge is 0.192 e. The van der Waals surface area contributed by atoms with Crippen molar-refractivity contribution in [2.75, 3.05) is 0 Å². The van der Waals surface area contributed by atoms with Crippen molar-refractivity contribution < 1.29 is 13.2 Å². The molecule has 0 saturated carbocycles. The number of rotatable bonds is 0. The summed E-state index contributed by atoms with van der Waals surface area (Å²) in [6.07, 6.45) is -1.53. The normalized spacial score (nSPS) is 9.27. The molecule has 0 spiro atoms. The van der Waals surface area contributed by atoms with Crippen LogP contribution in [0.2, 0.25) is 0 Å². The molecule has 0 aliphatic rings. The van der Waals surface area contributed by atoms with Crippen molar-refractivity contribution in [2.45, 2.75) is 0 Å². The van der Waals surface area contributed by atoms with E-state index in [4.69, 9.17) is 5.26 Å². The van der Waals surface area contributed by atoms with Gasteiger partial charge in [-0.05, 0) is 0 Å². The summed E-state index contributed by atoms with van der Waals surface area (Å²) in [6, 6.07) is 1.15. The maximum absolute atomic E-state index is 12.3. The van der Waals surface area contributed by atoms with E-state index in [-0.39, 0.29) is 0 Å². The molecule has 0 unspecified atom stereocenters. The zero-order chi connectivity index (χ0) is 8.43. The molecule has 0 fully saturated rings. The predicted octanol–water partition coefficient (Wildman–Crippen LogP) is 0.766. The fourth-order valence-electron chi connectivity index (χ4n) is 0.476. The van der Waals surface area contributed by atoms with Gasteiger partial charge in [0.2, 0.25) is 11.9 Å². The van der Waals surface area contributed by atoms with Crippen molar-refractivity contribution in [3.63, 3.8) is 0 Å². The Hall–Kier alpha value is -1.64. The van der Waals surface area contributed by atoms with Crippen molar-refractivity contribution >= 4 is 0 Å². The summed E-state index contributed by atoms with van der Waals surface area (Å²) in [5, 5.41) is 8.06. The molecule has 6 heteroatoms. The first-order valence-corrected chi connectivity index (χ1v) is 2.43. The van der Waals surface area contributed by atoms with Crippen molar-refractivity contribution in [3.8, 4) is 6.07 Å². The molecule has 11 heavy (non-hydrogen) atoms. The summed E-state index contributed by atoms with van der Waals surface area (Å²) in [4.78, 5) is 5.00. The second-order valence-corrected chi connectivity index (χ2v) is 1.56. The summed E-state index contributed by atoms with van der Waals surface area (Å²) in [5.41, 5.74) is -0.980. The summed E-state index contributed by atoms with van der Waals surface area (Å²) in [6.45, 7) is 0. The van der Waals surface area contributed by atoms with E-state index in [0.717, 1.165) is 6.07 Å². The highest BCUT2D eigenvalue weighted by Crippen LogP contribution is 2.05. The zero-order valence-electron chi connectivity index (χ0n) is 4.98. The molecule has 0 bridgehead atoms. The first-order chi connectivity index (χ1) is 5.15. The standard InChI is InChI=1S/C5F3N3/c6-3-2(1-9)4(7)11-5(8)10-3. The zero-order valence-corrected chi connectivity index (χ0v) is 4.98. The van der Waals surface area contributed by atoms with Crippen LogP contribution in [0.4, 0.5) is 13.2 Å². The molecule has 1 heterocycles. The van der Waals surface area contributed by atoms with Gasteiger partial charge in [0.25, 0.3) is 0 Å². The van der Waals surface area contributed by atoms with Gasteiger partial charge in [-0.15, -0.1) is 0 Å². The number of nitrogens with zero attached hydrogens (tertiary/aromatic N) is 3. The molecule has 0 amide bonds. The van der Waals surface area contributed by atoms with E-state index in [1.165, 1.54) is 0 Å². The molecule has 0 aliphatic carbocycles. The van der Waals surface area contributed by atoms with Gasteiger partial charge in [0.05, 0.1) is 0 Å². The van der Waals surface area contributed by atoms with Crippen molar-refractivity contribution in [3.05, 3.63) is 23.5 Å². The number of hydrogen-bond acceptors (Lipinski definition) is 3. The van der Waals surface area contributed by atoms with Gasteiger partial charge in [0, 0.05) is 0 Å². The Bertz CT molecular complexity index is 307. The molecule has 1 rings (SSSR count). The van der Waals surface area contributed by atoms with E-state index in [2.05, 4.69) is 9.97 Å². The lowest BCUT2D eigenvalue weighted by Crippen LogP contribution is -2.01. The third kappa shape index (κ3) is 1.26. The van der Waals surface area contributed by atoms with Crippen molar-refractivity contribution in [1.82, 2.24) is 9.97 Å². The van der Waals surface area contributed by atoms with Crippen LogP contribution in [0.15, 0.2) is 0 Å². The molecular formula is C5F3N3. The quantitative estimate of drug-likeness (QED) is 0.414. The predicted molar refractivity (Wildman–Crippen MR) is 26.6 cm³/mol. The molecule has 0 N–H and O–H groups in total. The van der Waals surface area contributed by atoms with Gasteiger partial charge in [-0.25, -0.2) is 0 Å². The topological polar surface area (TPSA) is 49.6 Å². The molecule has 1 aromatic rings. The number of halogens is 3. The number of aromatic nitrogens is 2. The first kappa shape index (κ1) is 7.47. The highest BCUT2D eigenvalue weighted by Gasteiger charge is 2.12. The maximum Gasteiger partial charge on any atom is 0.314 e. The Morgan fingerprint density at radius 2 is 1.55 bits per heavy atom. The molecule has 0 saturated heterocycles. The van der Waals surface area contributed by atoms with Gasteiger partial charge >= 0.3 is 6.08 Å². The summed E-state index contributed by atoms with van der Waals surface area (Å²) in [7, 11) is 0. The van der Waals surface area contributed by atoms with E-state index < -0.39 is 23.5 Å². The van der Waals surface area contributed by atoms with Crippen LogP contribution in [0, 0.1) is 29.3 Å². The van der Waals surface area contributed by atoms with Crippen LogP contribution >= 0.6 is 0 Å². The molecule has 3 nitrogen and oxygen atoms in total. The van der Waals surface area contributed by atoms with Crippen molar-refractivity contribution in [1.29, 1.82) is 5.26 Å². The SMILES string of the molecule is N#Cc1c(F)nc(F)nc1F. The summed E-state index contributed by atoms with van der Waals surface area (Å²) >= 11 is 0. The Morgan fingerprint density at radius 3 is 1.91 bits per heavy atom. The first-order valence-electron chi connectivity index (χ1n) is 2.43.